The van der Waals surface area contributed by atoms with Crippen LogP contribution in [0.15, 0.2) is 47.4 Å². The fourth-order valence-corrected chi connectivity index (χ4v) is 4.52. The Hall–Kier alpha value is -2.95. The molecule has 0 atom stereocenters. The maximum absolute atomic E-state index is 14.3. The minimum absolute atomic E-state index is 0.142. The van der Waals surface area contributed by atoms with Crippen LogP contribution >= 0.6 is 0 Å². The van der Waals surface area contributed by atoms with Crippen molar-refractivity contribution in [3.05, 3.63) is 53.9 Å². The number of anilines is 1. The molecule has 0 aliphatic carbocycles. The molecule has 2 aromatic rings. The molecule has 3 rings (SSSR count). The van der Waals surface area contributed by atoms with Gasteiger partial charge in [0.15, 0.2) is 0 Å². The smallest absolute Gasteiger partial charge is 0.248 e. The second kappa shape index (κ2) is 9.90. The fourth-order valence-electron chi connectivity index (χ4n) is 3.02. The van der Waals surface area contributed by atoms with E-state index in [1.165, 1.54) is 32.4 Å². The molecule has 2 aromatic carbocycles. The zero-order chi connectivity index (χ0) is 22.4. The number of carbonyl (C=O) groups excluding carboxylic acids is 1. The Kier molecular flexibility index (Phi) is 7.26. The van der Waals surface area contributed by atoms with Gasteiger partial charge in [-0.05, 0) is 42.5 Å². The number of carbonyl (C=O) groups is 1. The van der Waals surface area contributed by atoms with Gasteiger partial charge in [0.1, 0.15) is 22.2 Å². The van der Waals surface area contributed by atoms with Gasteiger partial charge in [0.05, 0.1) is 27.4 Å². The zero-order valence-electron chi connectivity index (χ0n) is 17.1. The van der Waals surface area contributed by atoms with E-state index in [2.05, 4.69) is 5.32 Å². The standard InChI is InChI=1S/C21H23FN2O6S/c1-28-17-5-7-19(29-2)15(13-17)3-8-21(25)23-16-4-6-18(22)20(14-16)31(26,27)24-9-11-30-12-10-24/h3-8,13-14H,9-12H2,1-2H3,(H,23,25)/b8-3+. The molecule has 0 saturated carbocycles. The molecule has 0 aromatic heterocycles. The van der Waals surface area contributed by atoms with E-state index in [1.807, 2.05) is 0 Å². The minimum atomic E-state index is -4.04. The molecule has 0 unspecified atom stereocenters. The Morgan fingerprint density at radius 3 is 2.55 bits per heavy atom. The molecule has 31 heavy (non-hydrogen) atoms. The number of ether oxygens (including phenoxy) is 3. The minimum Gasteiger partial charge on any atom is -0.497 e. The molecule has 1 N–H and O–H groups in total. The van der Waals surface area contributed by atoms with Gasteiger partial charge in [-0.25, -0.2) is 12.8 Å². The lowest BCUT2D eigenvalue weighted by Gasteiger charge is -2.26. The van der Waals surface area contributed by atoms with E-state index < -0.39 is 26.6 Å². The largest absolute Gasteiger partial charge is 0.497 e. The van der Waals surface area contributed by atoms with Crippen molar-refractivity contribution in [3.8, 4) is 11.5 Å². The first-order chi connectivity index (χ1) is 14.8. The molecular formula is C21H23FN2O6S. The Balaban J connectivity index is 1.78. The van der Waals surface area contributed by atoms with Gasteiger partial charge in [-0.15, -0.1) is 0 Å². The molecule has 0 radical (unpaired) electrons. The van der Waals surface area contributed by atoms with Crippen LogP contribution in [0, 0.1) is 5.82 Å². The van der Waals surface area contributed by atoms with Gasteiger partial charge in [0, 0.05) is 30.4 Å². The van der Waals surface area contributed by atoms with Gasteiger partial charge >= 0.3 is 0 Å². The SMILES string of the molecule is COc1ccc(OC)c(/C=C/C(=O)Nc2ccc(F)c(S(=O)(=O)N3CCOCC3)c2)c1. The lowest BCUT2D eigenvalue weighted by molar-refractivity contribution is -0.111. The van der Waals surface area contributed by atoms with Crippen LogP contribution in [0.3, 0.4) is 0 Å². The molecule has 166 valence electrons. The van der Waals surface area contributed by atoms with E-state index in [4.69, 9.17) is 14.2 Å². The number of rotatable bonds is 7. The van der Waals surface area contributed by atoms with E-state index >= 15 is 0 Å². The van der Waals surface area contributed by atoms with Crippen molar-refractivity contribution >= 4 is 27.7 Å². The third kappa shape index (κ3) is 5.40. The predicted octanol–water partition coefficient (Wildman–Crippen LogP) is 2.52. The summed E-state index contributed by atoms with van der Waals surface area (Å²) < 4.78 is 56.6. The highest BCUT2D eigenvalue weighted by atomic mass is 32.2. The van der Waals surface area contributed by atoms with Gasteiger partial charge in [-0.2, -0.15) is 4.31 Å². The van der Waals surface area contributed by atoms with E-state index in [0.717, 1.165) is 16.4 Å². The highest BCUT2D eigenvalue weighted by molar-refractivity contribution is 7.89. The number of nitrogens with zero attached hydrogens (tertiary/aromatic N) is 1. The van der Waals surface area contributed by atoms with Crippen LogP contribution in [0.25, 0.3) is 6.08 Å². The molecule has 1 aliphatic heterocycles. The Morgan fingerprint density at radius 2 is 1.87 bits per heavy atom. The summed E-state index contributed by atoms with van der Waals surface area (Å²) in [6, 6.07) is 8.55. The van der Waals surface area contributed by atoms with E-state index in [9.17, 15) is 17.6 Å². The van der Waals surface area contributed by atoms with Crippen molar-refractivity contribution in [1.29, 1.82) is 0 Å². The highest BCUT2D eigenvalue weighted by Gasteiger charge is 2.29. The third-order valence-corrected chi connectivity index (χ3v) is 6.55. The van der Waals surface area contributed by atoms with Crippen LogP contribution in [0.1, 0.15) is 5.56 Å². The number of methoxy groups -OCH3 is 2. The van der Waals surface area contributed by atoms with Crippen molar-refractivity contribution in [2.24, 2.45) is 0 Å². The van der Waals surface area contributed by atoms with Gasteiger partial charge < -0.3 is 19.5 Å². The summed E-state index contributed by atoms with van der Waals surface area (Å²) in [6.45, 7) is 0.776. The van der Waals surface area contributed by atoms with Gasteiger partial charge in [-0.3, -0.25) is 4.79 Å². The molecule has 1 amide bonds. The van der Waals surface area contributed by atoms with E-state index in [1.54, 1.807) is 18.2 Å². The van der Waals surface area contributed by atoms with Crippen LogP contribution in [-0.2, 0) is 19.6 Å². The van der Waals surface area contributed by atoms with E-state index in [-0.39, 0.29) is 32.0 Å². The summed E-state index contributed by atoms with van der Waals surface area (Å²) in [5, 5.41) is 2.55. The third-order valence-electron chi connectivity index (χ3n) is 4.64. The molecule has 1 aliphatic rings. The Labute approximate surface area is 180 Å². The molecule has 1 fully saturated rings. The van der Waals surface area contributed by atoms with Crippen molar-refractivity contribution in [2.45, 2.75) is 4.90 Å². The summed E-state index contributed by atoms with van der Waals surface area (Å²) in [4.78, 5) is 11.9. The molecule has 8 nitrogen and oxygen atoms in total. The van der Waals surface area contributed by atoms with Crippen LogP contribution in [0.4, 0.5) is 10.1 Å². The topological polar surface area (TPSA) is 94.2 Å². The Bertz CT molecular complexity index is 1080. The number of benzene rings is 2. The van der Waals surface area contributed by atoms with Crippen LogP contribution < -0.4 is 14.8 Å². The summed E-state index contributed by atoms with van der Waals surface area (Å²) in [5.74, 6) is -0.268. The first-order valence-electron chi connectivity index (χ1n) is 9.43. The maximum Gasteiger partial charge on any atom is 0.248 e. The van der Waals surface area contributed by atoms with Gasteiger partial charge in [0.25, 0.3) is 0 Å². The quantitative estimate of drug-likeness (QED) is 0.652. The van der Waals surface area contributed by atoms with Crippen molar-refractivity contribution in [3.63, 3.8) is 0 Å². The molecule has 10 heteroatoms. The average Bonchev–Trinajstić information content (AvgIpc) is 2.79. The number of sulfonamides is 1. The second-order valence-electron chi connectivity index (χ2n) is 6.59. The monoisotopic (exact) mass is 450 g/mol. The van der Waals surface area contributed by atoms with Gasteiger partial charge in [-0.1, -0.05) is 0 Å². The van der Waals surface area contributed by atoms with Crippen LogP contribution in [-0.4, -0.2) is 59.2 Å². The summed E-state index contributed by atoms with van der Waals surface area (Å²) in [7, 11) is -1.01. The average molecular weight is 450 g/mol. The maximum atomic E-state index is 14.3. The summed E-state index contributed by atoms with van der Waals surface area (Å²) in [6.07, 6.45) is 2.79. The molecular weight excluding hydrogens is 427 g/mol. The normalized spacial score (nSPS) is 15.1. The lowest BCUT2D eigenvalue weighted by atomic mass is 10.1. The molecule has 0 spiro atoms. The summed E-state index contributed by atoms with van der Waals surface area (Å²) >= 11 is 0. The predicted molar refractivity (Wildman–Crippen MR) is 113 cm³/mol. The van der Waals surface area contributed by atoms with Crippen LogP contribution in [0.5, 0.6) is 11.5 Å². The van der Waals surface area contributed by atoms with Crippen molar-refractivity contribution in [1.82, 2.24) is 4.31 Å². The zero-order valence-corrected chi connectivity index (χ0v) is 17.9. The number of hydrogen-bond acceptors (Lipinski definition) is 6. The number of amides is 1. The van der Waals surface area contributed by atoms with Crippen molar-refractivity contribution in [2.75, 3.05) is 45.8 Å². The first kappa shape index (κ1) is 22.7. The number of morpholine rings is 1. The highest BCUT2D eigenvalue weighted by Crippen LogP contribution is 2.26. The van der Waals surface area contributed by atoms with Crippen LogP contribution in [0.2, 0.25) is 0 Å². The second-order valence-corrected chi connectivity index (χ2v) is 8.50. The number of nitrogens with one attached hydrogen (secondary N) is 1. The van der Waals surface area contributed by atoms with Gasteiger partial charge in [0.2, 0.25) is 15.9 Å². The molecule has 1 heterocycles. The van der Waals surface area contributed by atoms with Crippen molar-refractivity contribution < 1.29 is 31.8 Å². The molecule has 1 saturated heterocycles. The number of hydrogen-bond donors (Lipinski definition) is 1. The van der Waals surface area contributed by atoms with E-state index in [0.29, 0.717) is 17.1 Å². The number of halogens is 1. The first-order valence-corrected chi connectivity index (χ1v) is 10.9. The summed E-state index contributed by atoms with van der Waals surface area (Å²) in [5.41, 5.74) is 0.771. The Morgan fingerprint density at radius 1 is 1.13 bits per heavy atom. The lowest BCUT2D eigenvalue weighted by Crippen LogP contribution is -2.40. The fraction of sp³-hybridized carbons (Fsp3) is 0.286. The molecule has 0 bridgehead atoms.